The maximum absolute atomic E-state index is 12.2. The Balaban J connectivity index is 2.07. The third-order valence-electron chi connectivity index (χ3n) is 2.67. The van der Waals surface area contributed by atoms with Gasteiger partial charge in [0.05, 0.1) is 12.2 Å². The summed E-state index contributed by atoms with van der Waals surface area (Å²) in [6, 6.07) is 13.0. The van der Waals surface area contributed by atoms with Crippen LogP contribution >= 0.6 is 11.8 Å². The van der Waals surface area contributed by atoms with Gasteiger partial charge in [-0.05, 0) is 31.2 Å². The number of hydrogen-bond acceptors (Lipinski definition) is 5. The number of hydrogen-bond donors (Lipinski definition) is 1. The molecule has 2 rings (SSSR count). The Morgan fingerprint density at radius 1 is 1.18 bits per heavy atom. The molecule has 0 unspecified atom stereocenters. The maximum atomic E-state index is 12.2. The lowest BCUT2D eigenvalue weighted by Gasteiger charge is -2.08. The Bertz CT molecular complexity index is 647. The average Bonchev–Trinajstić information content (AvgIpc) is 2.54. The summed E-state index contributed by atoms with van der Waals surface area (Å²) in [5.74, 6) is -0.809. The molecule has 0 atom stereocenters. The van der Waals surface area contributed by atoms with Crippen LogP contribution in [0, 0.1) is 0 Å². The molecule has 0 aliphatic rings. The molecule has 6 heteroatoms. The number of carbonyl (C=O) groups excluding carboxylic acids is 2. The van der Waals surface area contributed by atoms with E-state index >= 15 is 0 Å². The van der Waals surface area contributed by atoms with Gasteiger partial charge in [-0.1, -0.05) is 30.0 Å². The molecular weight excluding hydrogens is 300 g/mol. The molecule has 5 nitrogen and oxygen atoms in total. The van der Waals surface area contributed by atoms with Crippen molar-refractivity contribution in [1.82, 2.24) is 10.3 Å². The number of pyridine rings is 1. The molecule has 0 saturated heterocycles. The van der Waals surface area contributed by atoms with E-state index in [2.05, 4.69) is 10.3 Å². The van der Waals surface area contributed by atoms with Crippen molar-refractivity contribution in [3.05, 3.63) is 54.2 Å². The Morgan fingerprint density at radius 2 is 1.95 bits per heavy atom. The van der Waals surface area contributed by atoms with Gasteiger partial charge in [-0.3, -0.25) is 9.59 Å². The van der Waals surface area contributed by atoms with Gasteiger partial charge in [0, 0.05) is 11.1 Å². The molecule has 0 bridgehead atoms. The van der Waals surface area contributed by atoms with Crippen molar-refractivity contribution in [1.29, 1.82) is 0 Å². The van der Waals surface area contributed by atoms with Gasteiger partial charge >= 0.3 is 5.97 Å². The second kappa shape index (κ2) is 8.19. The molecule has 0 fully saturated rings. The first kappa shape index (κ1) is 16.0. The topological polar surface area (TPSA) is 68.3 Å². The van der Waals surface area contributed by atoms with Crippen molar-refractivity contribution >= 4 is 23.6 Å². The summed E-state index contributed by atoms with van der Waals surface area (Å²) in [6.07, 6.45) is 1.63. The third kappa shape index (κ3) is 4.60. The zero-order valence-electron chi connectivity index (χ0n) is 12.1. The molecule has 1 amide bonds. The van der Waals surface area contributed by atoms with E-state index in [9.17, 15) is 9.59 Å². The molecular formula is C16H16N2O3S. The summed E-state index contributed by atoms with van der Waals surface area (Å²) in [4.78, 5) is 28.7. The lowest BCUT2D eigenvalue weighted by atomic mass is 10.2. The van der Waals surface area contributed by atoms with E-state index in [-0.39, 0.29) is 19.1 Å². The van der Waals surface area contributed by atoms with Crippen LogP contribution in [0.2, 0.25) is 0 Å². The molecule has 1 aromatic heterocycles. The minimum absolute atomic E-state index is 0.156. The summed E-state index contributed by atoms with van der Waals surface area (Å²) in [5.41, 5.74) is 0.431. The second-order valence-electron chi connectivity index (χ2n) is 4.26. The summed E-state index contributed by atoms with van der Waals surface area (Å²) in [6.45, 7) is 1.85. The lowest BCUT2D eigenvalue weighted by Crippen LogP contribution is -2.31. The highest BCUT2D eigenvalue weighted by atomic mass is 32.2. The Kier molecular flexibility index (Phi) is 5.97. The fourth-order valence-electron chi connectivity index (χ4n) is 1.70. The van der Waals surface area contributed by atoms with E-state index in [1.807, 2.05) is 30.3 Å². The van der Waals surface area contributed by atoms with E-state index in [0.717, 1.165) is 4.90 Å². The number of carbonyl (C=O) groups is 2. The number of amides is 1. The molecule has 1 aromatic carbocycles. The summed E-state index contributed by atoms with van der Waals surface area (Å²) < 4.78 is 4.78. The summed E-state index contributed by atoms with van der Waals surface area (Å²) >= 11 is 1.40. The first-order chi connectivity index (χ1) is 10.7. The fourth-order valence-corrected chi connectivity index (χ4v) is 2.61. The van der Waals surface area contributed by atoms with Crippen LogP contribution in [0.4, 0.5) is 0 Å². The van der Waals surface area contributed by atoms with Crippen LogP contribution < -0.4 is 5.32 Å². The van der Waals surface area contributed by atoms with Gasteiger partial charge in [-0.15, -0.1) is 0 Å². The van der Waals surface area contributed by atoms with E-state index in [0.29, 0.717) is 10.6 Å². The van der Waals surface area contributed by atoms with E-state index < -0.39 is 5.97 Å². The van der Waals surface area contributed by atoms with Crippen molar-refractivity contribution in [2.75, 3.05) is 13.2 Å². The van der Waals surface area contributed by atoms with Crippen LogP contribution in [0.15, 0.2) is 58.6 Å². The van der Waals surface area contributed by atoms with Crippen LogP contribution in [-0.2, 0) is 9.53 Å². The zero-order chi connectivity index (χ0) is 15.8. The van der Waals surface area contributed by atoms with E-state index in [1.54, 1.807) is 25.3 Å². The summed E-state index contributed by atoms with van der Waals surface area (Å²) in [5, 5.41) is 3.14. The van der Waals surface area contributed by atoms with E-state index in [1.165, 1.54) is 11.8 Å². The van der Waals surface area contributed by atoms with Crippen LogP contribution in [-0.4, -0.2) is 30.0 Å². The number of rotatable bonds is 6. The molecule has 0 saturated carbocycles. The van der Waals surface area contributed by atoms with Gasteiger partial charge in [-0.2, -0.15) is 0 Å². The SMILES string of the molecule is CCOC(=O)CNC(=O)c1cccnc1Sc1ccccc1. The highest BCUT2D eigenvalue weighted by molar-refractivity contribution is 7.99. The van der Waals surface area contributed by atoms with Crippen LogP contribution in [0.1, 0.15) is 17.3 Å². The van der Waals surface area contributed by atoms with Crippen molar-refractivity contribution in [3.63, 3.8) is 0 Å². The molecule has 0 aliphatic heterocycles. The molecule has 2 aromatic rings. The predicted molar refractivity (Wildman–Crippen MR) is 83.8 cm³/mol. The normalized spacial score (nSPS) is 10.0. The highest BCUT2D eigenvalue weighted by Gasteiger charge is 2.14. The van der Waals surface area contributed by atoms with Gasteiger partial charge in [-0.25, -0.2) is 4.98 Å². The highest BCUT2D eigenvalue weighted by Crippen LogP contribution is 2.28. The molecule has 1 N–H and O–H groups in total. The largest absolute Gasteiger partial charge is 0.465 e. The monoisotopic (exact) mass is 316 g/mol. The fraction of sp³-hybridized carbons (Fsp3) is 0.188. The zero-order valence-corrected chi connectivity index (χ0v) is 12.9. The third-order valence-corrected chi connectivity index (χ3v) is 3.70. The van der Waals surface area contributed by atoms with Crippen molar-refractivity contribution < 1.29 is 14.3 Å². The number of nitrogens with zero attached hydrogens (tertiary/aromatic N) is 1. The number of nitrogens with one attached hydrogen (secondary N) is 1. The Morgan fingerprint density at radius 3 is 2.68 bits per heavy atom. The number of esters is 1. The standard InChI is InChI=1S/C16H16N2O3S/c1-2-21-14(19)11-18-15(20)13-9-6-10-17-16(13)22-12-7-4-3-5-8-12/h3-10H,2,11H2,1H3,(H,18,20). The molecule has 1 heterocycles. The minimum Gasteiger partial charge on any atom is -0.465 e. The average molecular weight is 316 g/mol. The van der Waals surface area contributed by atoms with Gasteiger partial charge in [0.15, 0.2) is 0 Å². The molecule has 0 spiro atoms. The minimum atomic E-state index is -0.461. The van der Waals surface area contributed by atoms with E-state index in [4.69, 9.17) is 4.74 Å². The predicted octanol–water partition coefficient (Wildman–Crippen LogP) is 2.53. The molecule has 22 heavy (non-hydrogen) atoms. The van der Waals surface area contributed by atoms with Crippen molar-refractivity contribution in [3.8, 4) is 0 Å². The molecule has 114 valence electrons. The van der Waals surface area contributed by atoms with Crippen LogP contribution in [0.25, 0.3) is 0 Å². The maximum Gasteiger partial charge on any atom is 0.325 e. The van der Waals surface area contributed by atoms with Gasteiger partial charge < -0.3 is 10.1 Å². The van der Waals surface area contributed by atoms with Gasteiger partial charge in [0.1, 0.15) is 11.6 Å². The number of ether oxygens (including phenoxy) is 1. The summed E-state index contributed by atoms with van der Waals surface area (Å²) in [7, 11) is 0. The first-order valence-corrected chi connectivity index (χ1v) is 7.64. The lowest BCUT2D eigenvalue weighted by molar-refractivity contribution is -0.141. The Labute approximate surface area is 133 Å². The quantitative estimate of drug-likeness (QED) is 0.829. The number of aromatic nitrogens is 1. The van der Waals surface area contributed by atoms with Crippen molar-refractivity contribution in [2.45, 2.75) is 16.8 Å². The molecule has 0 aliphatic carbocycles. The molecule has 0 radical (unpaired) electrons. The van der Waals surface area contributed by atoms with Crippen molar-refractivity contribution in [2.24, 2.45) is 0 Å². The smallest absolute Gasteiger partial charge is 0.325 e. The van der Waals surface area contributed by atoms with Gasteiger partial charge in [0.2, 0.25) is 0 Å². The Hall–Kier alpha value is -2.34. The number of benzene rings is 1. The first-order valence-electron chi connectivity index (χ1n) is 6.82. The van der Waals surface area contributed by atoms with Crippen LogP contribution in [0.3, 0.4) is 0 Å². The van der Waals surface area contributed by atoms with Crippen LogP contribution in [0.5, 0.6) is 0 Å². The van der Waals surface area contributed by atoms with Gasteiger partial charge in [0.25, 0.3) is 5.91 Å². The second-order valence-corrected chi connectivity index (χ2v) is 5.32.